The number of benzene rings is 1. The Morgan fingerprint density at radius 2 is 2.03 bits per heavy atom. The fraction of sp³-hybridized carbons (Fsp3) is 0.333. The van der Waals surface area contributed by atoms with Crippen molar-refractivity contribution in [3.63, 3.8) is 0 Å². The summed E-state index contributed by atoms with van der Waals surface area (Å²) in [6.07, 6.45) is 2.92. The number of rotatable bonds is 5. The van der Waals surface area contributed by atoms with E-state index in [-0.39, 0.29) is 27.5 Å². The number of hydrogen-bond acceptors (Lipinski definition) is 8. The smallest absolute Gasteiger partial charge is 0.232 e. The lowest BCUT2D eigenvalue weighted by atomic mass is 9.78. The Labute approximate surface area is 186 Å². The summed E-state index contributed by atoms with van der Waals surface area (Å²) >= 11 is 1.28. The van der Waals surface area contributed by atoms with Gasteiger partial charge in [-0.2, -0.15) is 0 Å². The minimum Gasteiger partial charge on any atom is -0.480 e. The Kier molecular flexibility index (Phi) is 5.85. The van der Waals surface area contributed by atoms with Crippen molar-refractivity contribution in [3.05, 3.63) is 47.8 Å². The van der Waals surface area contributed by atoms with E-state index in [4.69, 9.17) is 10.5 Å². The quantitative estimate of drug-likeness (QED) is 0.583. The Hall–Kier alpha value is -3.08. The van der Waals surface area contributed by atoms with Gasteiger partial charge in [-0.1, -0.05) is 25.6 Å². The third kappa shape index (κ3) is 3.70. The van der Waals surface area contributed by atoms with Gasteiger partial charge >= 0.3 is 0 Å². The molecular formula is C21H21F3N6OS. The van der Waals surface area contributed by atoms with Crippen LogP contribution in [0.3, 0.4) is 0 Å². The highest BCUT2D eigenvalue weighted by Gasteiger charge is 2.46. The van der Waals surface area contributed by atoms with Crippen molar-refractivity contribution in [2.75, 3.05) is 19.1 Å². The summed E-state index contributed by atoms with van der Waals surface area (Å²) in [6.45, 7) is 2.57. The molecule has 32 heavy (non-hydrogen) atoms. The van der Waals surface area contributed by atoms with Gasteiger partial charge in [-0.3, -0.25) is 0 Å². The summed E-state index contributed by atoms with van der Waals surface area (Å²) in [5.74, 6) is -2.15. The number of fused-ring (bicyclic) bond motifs is 1. The summed E-state index contributed by atoms with van der Waals surface area (Å²) in [7, 11) is 1.47. The van der Waals surface area contributed by atoms with Crippen LogP contribution in [0.4, 0.5) is 24.7 Å². The molecule has 7 nitrogen and oxygen atoms in total. The van der Waals surface area contributed by atoms with Gasteiger partial charge in [-0.15, -0.1) is 0 Å². The van der Waals surface area contributed by atoms with Crippen molar-refractivity contribution in [1.82, 2.24) is 15.0 Å². The third-order valence-corrected chi connectivity index (χ3v) is 6.79. The first kappa shape index (κ1) is 22.1. The zero-order valence-electron chi connectivity index (χ0n) is 17.6. The number of nitrogens with two attached hydrogens (primary N) is 1. The molecule has 0 radical (unpaired) electrons. The van der Waals surface area contributed by atoms with E-state index in [1.54, 1.807) is 13.0 Å². The molecule has 11 heteroatoms. The SMILES string of the molecule is COc1cnc2c(Nc3cc(F)c(F)c([C@@]4(CF)N=C(N)S[C@@H](C)[C@H]4C)c3)nccc2n1. The fourth-order valence-electron chi connectivity index (χ4n) is 3.77. The van der Waals surface area contributed by atoms with Crippen molar-refractivity contribution >= 4 is 39.5 Å². The first-order valence-corrected chi connectivity index (χ1v) is 10.7. The summed E-state index contributed by atoms with van der Waals surface area (Å²) in [5.41, 5.74) is 5.10. The van der Waals surface area contributed by atoms with Gasteiger partial charge in [-0.25, -0.2) is 33.1 Å². The zero-order chi connectivity index (χ0) is 23.0. The van der Waals surface area contributed by atoms with Gasteiger partial charge in [0, 0.05) is 34.7 Å². The van der Waals surface area contributed by atoms with E-state index in [0.717, 1.165) is 6.07 Å². The lowest BCUT2D eigenvalue weighted by Gasteiger charge is -2.40. The van der Waals surface area contributed by atoms with E-state index in [2.05, 4.69) is 25.3 Å². The molecule has 0 fully saturated rings. The molecule has 1 aliphatic heterocycles. The van der Waals surface area contributed by atoms with Crippen LogP contribution in [0.5, 0.6) is 5.88 Å². The number of ether oxygens (including phenoxy) is 1. The summed E-state index contributed by atoms with van der Waals surface area (Å²) in [6, 6.07) is 3.96. The maximum atomic E-state index is 15.0. The Balaban J connectivity index is 1.82. The van der Waals surface area contributed by atoms with Crippen LogP contribution in [0, 0.1) is 17.6 Å². The van der Waals surface area contributed by atoms with Gasteiger partial charge in [0.1, 0.15) is 17.7 Å². The summed E-state index contributed by atoms with van der Waals surface area (Å²) in [4.78, 5) is 17.0. The summed E-state index contributed by atoms with van der Waals surface area (Å²) in [5, 5.41) is 2.93. The average molecular weight is 463 g/mol. The molecule has 3 atom stereocenters. The van der Waals surface area contributed by atoms with E-state index in [1.807, 2.05) is 6.92 Å². The molecule has 0 spiro atoms. The van der Waals surface area contributed by atoms with Crippen LogP contribution in [0.1, 0.15) is 19.4 Å². The number of nitrogens with zero attached hydrogens (tertiary/aromatic N) is 4. The lowest BCUT2D eigenvalue weighted by molar-refractivity contribution is 0.215. The molecule has 0 bridgehead atoms. The number of amidine groups is 1. The van der Waals surface area contributed by atoms with Gasteiger partial charge in [-0.05, 0) is 12.1 Å². The molecule has 168 valence electrons. The topological polar surface area (TPSA) is 98.3 Å². The van der Waals surface area contributed by atoms with Gasteiger partial charge in [0.15, 0.2) is 22.6 Å². The number of alkyl halides is 1. The van der Waals surface area contributed by atoms with Crippen molar-refractivity contribution in [2.24, 2.45) is 16.6 Å². The van der Waals surface area contributed by atoms with Crippen LogP contribution in [-0.2, 0) is 5.54 Å². The van der Waals surface area contributed by atoms with Crippen molar-refractivity contribution in [1.29, 1.82) is 0 Å². The predicted molar refractivity (Wildman–Crippen MR) is 119 cm³/mol. The minimum absolute atomic E-state index is 0.131. The molecule has 0 amide bonds. The van der Waals surface area contributed by atoms with Crippen molar-refractivity contribution < 1.29 is 17.9 Å². The second-order valence-corrected chi connectivity index (χ2v) is 8.90. The number of anilines is 2. The molecule has 2 aromatic heterocycles. The van der Waals surface area contributed by atoms with Gasteiger partial charge in [0.05, 0.1) is 18.8 Å². The van der Waals surface area contributed by atoms with Crippen molar-refractivity contribution in [2.45, 2.75) is 24.6 Å². The number of hydrogen-bond donors (Lipinski definition) is 2. The van der Waals surface area contributed by atoms with Crippen LogP contribution >= 0.6 is 11.8 Å². The molecule has 0 saturated carbocycles. The van der Waals surface area contributed by atoms with Gasteiger partial charge in [0.2, 0.25) is 5.88 Å². The van der Waals surface area contributed by atoms with Crippen LogP contribution in [0.15, 0.2) is 35.6 Å². The number of pyridine rings is 1. The fourth-order valence-corrected chi connectivity index (χ4v) is 4.79. The largest absolute Gasteiger partial charge is 0.480 e. The van der Waals surface area contributed by atoms with Crippen LogP contribution in [-0.4, -0.2) is 39.2 Å². The van der Waals surface area contributed by atoms with Gasteiger partial charge < -0.3 is 15.8 Å². The maximum Gasteiger partial charge on any atom is 0.232 e. The predicted octanol–water partition coefficient (Wildman–Crippen LogP) is 4.31. The third-order valence-electron chi connectivity index (χ3n) is 5.68. The van der Waals surface area contributed by atoms with E-state index >= 15 is 0 Å². The Morgan fingerprint density at radius 3 is 2.75 bits per heavy atom. The maximum absolute atomic E-state index is 15.0. The molecule has 0 unspecified atom stereocenters. The second kappa shape index (κ2) is 8.45. The first-order valence-electron chi connectivity index (χ1n) is 9.79. The molecule has 3 heterocycles. The Morgan fingerprint density at radius 1 is 1.25 bits per heavy atom. The minimum atomic E-state index is -1.64. The lowest BCUT2D eigenvalue weighted by Crippen LogP contribution is -2.45. The molecule has 3 aromatic rings. The van der Waals surface area contributed by atoms with Gasteiger partial charge in [0.25, 0.3) is 0 Å². The monoisotopic (exact) mass is 462 g/mol. The molecule has 1 aliphatic rings. The number of halogens is 3. The molecule has 0 saturated heterocycles. The van der Waals surface area contributed by atoms with E-state index in [9.17, 15) is 13.2 Å². The zero-order valence-corrected chi connectivity index (χ0v) is 18.4. The van der Waals surface area contributed by atoms with Crippen LogP contribution < -0.4 is 15.8 Å². The highest BCUT2D eigenvalue weighted by molar-refractivity contribution is 8.14. The number of nitrogens with one attached hydrogen (secondary N) is 1. The molecule has 1 aromatic carbocycles. The highest BCUT2D eigenvalue weighted by Crippen LogP contribution is 2.46. The standard InChI is InChI=1S/C21H21F3N6OS/c1-10-11(2)32-20(25)30-21(10,9-22)13-6-12(7-14(23)17(13)24)28-19-18-15(4-5-26-19)29-16(31-3)8-27-18/h4-8,10-11H,9H2,1-3H3,(H2,25,30)(H,26,28)/t10-,11+,21+/m1/s1. The second-order valence-electron chi connectivity index (χ2n) is 7.50. The Bertz CT molecular complexity index is 1210. The average Bonchev–Trinajstić information content (AvgIpc) is 2.78. The van der Waals surface area contributed by atoms with Crippen LogP contribution in [0.2, 0.25) is 0 Å². The highest BCUT2D eigenvalue weighted by atomic mass is 32.2. The van der Waals surface area contributed by atoms with E-state index < -0.39 is 29.8 Å². The first-order chi connectivity index (χ1) is 15.3. The number of aromatic nitrogens is 3. The summed E-state index contributed by atoms with van der Waals surface area (Å²) < 4.78 is 49.1. The molecular weight excluding hydrogens is 441 g/mol. The normalized spacial score (nSPS) is 23.1. The molecule has 3 N–H and O–H groups in total. The molecule has 0 aliphatic carbocycles. The number of thioether (sulfide) groups is 1. The van der Waals surface area contributed by atoms with Crippen LogP contribution in [0.25, 0.3) is 11.0 Å². The number of methoxy groups -OCH3 is 1. The van der Waals surface area contributed by atoms with E-state index in [1.165, 1.54) is 37.3 Å². The molecule has 4 rings (SSSR count). The van der Waals surface area contributed by atoms with E-state index in [0.29, 0.717) is 16.9 Å². The number of aliphatic imine (C=N–C) groups is 1. The van der Waals surface area contributed by atoms with Crippen molar-refractivity contribution in [3.8, 4) is 5.88 Å².